The Morgan fingerprint density at radius 1 is 1.32 bits per heavy atom. The maximum atomic E-state index is 13.0. The molecule has 0 bridgehead atoms. The van der Waals surface area contributed by atoms with Crippen LogP contribution in [0.2, 0.25) is 5.02 Å². The molecule has 3 rings (SSSR count). The molecule has 1 aliphatic rings. The fraction of sp³-hybridized carbons (Fsp3) is 0.400. The standard InChI is InChI=1S/C15H17ClN2O3S/c1-10-15(11(2)21-17-10)22(19,20)18-9-5-8-14(18)12-6-3-4-7-13(12)16/h3-4,6-7,14H,5,8-9H2,1-2H3. The highest BCUT2D eigenvalue weighted by atomic mass is 35.5. The first-order chi connectivity index (χ1) is 10.4. The second-order valence-corrected chi connectivity index (χ2v) is 7.68. The number of aryl methyl sites for hydroxylation is 2. The Labute approximate surface area is 134 Å². The summed E-state index contributed by atoms with van der Waals surface area (Å²) in [5.74, 6) is 0.322. The average Bonchev–Trinajstić information content (AvgIpc) is 3.07. The fourth-order valence-corrected chi connectivity index (χ4v) is 5.27. The second-order valence-electron chi connectivity index (χ2n) is 5.45. The highest BCUT2D eigenvalue weighted by molar-refractivity contribution is 7.89. The molecular formula is C15H17ClN2O3S. The highest BCUT2D eigenvalue weighted by Gasteiger charge is 2.39. The quantitative estimate of drug-likeness (QED) is 0.858. The van der Waals surface area contributed by atoms with Crippen LogP contribution < -0.4 is 0 Å². The van der Waals surface area contributed by atoms with Crippen molar-refractivity contribution in [3.05, 3.63) is 46.3 Å². The van der Waals surface area contributed by atoms with Crippen molar-refractivity contribution < 1.29 is 12.9 Å². The average molecular weight is 341 g/mol. The predicted molar refractivity (Wildman–Crippen MR) is 83.3 cm³/mol. The molecule has 0 N–H and O–H groups in total. The Balaban J connectivity index is 2.06. The molecule has 1 aliphatic heterocycles. The number of sulfonamides is 1. The Kier molecular flexibility index (Phi) is 4.01. The second kappa shape index (κ2) is 5.68. The Morgan fingerprint density at radius 3 is 2.68 bits per heavy atom. The van der Waals surface area contributed by atoms with Crippen LogP contribution in [-0.2, 0) is 10.0 Å². The third-order valence-corrected chi connectivity index (χ3v) is 6.50. The minimum Gasteiger partial charge on any atom is -0.360 e. The van der Waals surface area contributed by atoms with Gasteiger partial charge in [0.1, 0.15) is 10.6 Å². The maximum Gasteiger partial charge on any atom is 0.249 e. The monoisotopic (exact) mass is 340 g/mol. The van der Waals surface area contributed by atoms with E-state index in [0.29, 0.717) is 23.0 Å². The topological polar surface area (TPSA) is 63.4 Å². The number of hydrogen-bond donors (Lipinski definition) is 0. The van der Waals surface area contributed by atoms with Gasteiger partial charge in [-0.3, -0.25) is 0 Å². The van der Waals surface area contributed by atoms with Crippen LogP contribution in [0.3, 0.4) is 0 Å². The molecule has 0 amide bonds. The molecule has 2 aromatic rings. The summed E-state index contributed by atoms with van der Waals surface area (Å²) in [7, 11) is -3.65. The van der Waals surface area contributed by atoms with Crippen molar-refractivity contribution in [2.24, 2.45) is 0 Å². The molecule has 1 fully saturated rings. The van der Waals surface area contributed by atoms with Gasteiger partial charge >= 0.3 is 0 Å². The van der Waals surface area contributed by atoms with Crippen LogP contribution in [0.15, 0.2) is 33.7 Å². The minimum atomic E-state index is -3.65. The van der Waals surface area contributed by atoms with Gasteiger partial charge in [0.25, 0.3) is 0 Å². The van der Waals surface area contributed by atoms with Crippen molar-refractivity contribution in [1.82, 2.24) is 9.46 Å². The van der Waals surface area contributed by atoms with Gasteiger partial charge in [-0.05, 0) is 38.3 Å². The molecule has 118 valence electrons. The zero-order valence-corrected chi connectivity index (χ0v) is 14.0. The SMILES string of the molecule is Cc1noc(C)c1S(=O)(=O)N1CCCC1c1ccccc1Cl. The van der Waals surface area contributed by atoms with E-state index in [4.69, 9.17) is 16.1 Å². The largest absolute Gasteiger partial charge is 0.360 e. The Bertz CT molecular complexity index is 781. The predicted octanol–water partition coefficient (Wildman–Crippen LogP) is 3.47. The molecule has 1 aromatic heterocycles. The highest BCUT2D eigenvalue weighted by Crippen LogP contribution is 2.40. The Hall–Kier alpha value is -1.37. The zero-order chi connectivity index (χ0) is 15.9. The van der Waals surface area contributed by atoms with Crippen LogP contribution in [0.1, 0.15) is 35.9 Å². The van der Waals surface area contributed by atoms with E-state index in [0.717, 1.165) is 18.4 Å². The summed E-state index contributed by atoms with van der Waals surface area (Å²) in [5.41, 5.74) is 1.24. The lowest BCUT2D eigenvalue weighted by Crippen LogP contribution is -2.31. The maximum absolute atomic E-state index is 13.0. The first-order valence-electron chi connectivity index (χ1n) is 7.12. The van der Waals surface area contributed by atoms with Crippen LogP contribution in [0.4, 0.5) is 0 Å². The van der Waals surface area contributed by atoms with E-state index < -0.39 is 10.0 Å². The molecule has 0 spiro atoms. The van der Waals surface area contributed by atoms with Gasteiger partial charge in [-0.25, -0.2) is 8.42 Å². The van der Waals surface area contributed by atoms with Gasteiger partial charge in [-0.15, -0.1) is 0 Å². The van der Waals surface area contributed by atoms with Crippen molar-refractivity contribution in [1.29, 1.82) is 0 Å². The summed E-state index contributed by atoms with van der Waals surface area (Å²) in [6.45, 7) is 3.74. The number of halogens is 1. The lowest BCUT2D eigenvalue weighted by Gasteiger charge is -2.24. The summed E-state index contributed by atoms with van der Waals surface area (Å²) < 4.78 is 32.6. The van der Waals surface area contributed by atoms with Crippen molar-refractivity contribution in [3.63, 3.8) is 0 Å². The summed E-state index contributed by atoms with van der Waals surface area (Å²) >= 11 is 6.25. The van der Waals surface area contributed by atoms with E-state index in [1.165, 1.54) is 4.31 Å². The van der Waals surface area contributed by atoms with Gasteiger partial charge in [-0.1, -0.05) is 35.0 Å². The molecular weight excluding hydrogens is 324 g/mol. The molecule has 22 heavy (non-hydrogen) atoms. The molecule has 7 heteroatoms. The van der Waals surface area contributed by atoms with Gasteiger partial charge in [0.05, 0.1) is 6.04 Å². The molecule has 0 radical (unpaired) electrons. The molecule has 0 aliphatic carbocycles. The smallest absolute Gasteiger partial charge is 0.249 e. The van der Waals surface area contributed by atoms with Crippen molar-refractivity contribution in [2.45, 2.75) is 37.6 Å². The number of hydrogen-bond acceptors (Lipinski definition) is 4. The molecule has 1 atom stereocenters. The minimum absolute atomic E-state index is 0.173. The number of nitrogens with zero attached hydrogens (tertiary/aromatic N) is 2. The van der Waals surface area contributed by atoms with Crippen molar-refractivity contribution in [3.8, 4) is 0 Å². The van der Waals surface area contributed by atoms with Crippen molar-refractivity contribution in [2.75, 3.05) is 6.54 Å². The molecule has 5 nitrogen and oxygen atoms in total. The van der Waals surface area contributed by atoms with Gasteiger partial charge in [0.2, 0.25) is 10.0 Å². The van der Waals surface area contributed by atoms with Crippen LogP contribution in [0.25, 0.3) is 0 Å². The van der Waals surface area contributed by atoms with E-state index in [1.54, 1.807) is 19.9 Å². The summed E-state index contributed by atoms with van der Waals surface area (Å²) in [5, 5.41) is 4.35. The number of aromatic nitrogens is 1. The fourth-order valence-electron chi connectivity index (χ4n) is 3.04. The normalized spacial score (nSPS) is 19.7. The summed E-state index contributed by atoms with van der Waals surface area (Å²) in [6.07, 6.45) is 1.56. The molecule has 1 aromatic carbocycles. The van der Waals surface area contributed by atoms with E-state index in [-0.39, 0.29) is 10.9 Å². The van der Waals surface area contributed by atoms with E-state index in [1.807, 2.05) is 18.2 Å². The number of rotatable bonds is 3. The van der Waals surface area contributed by atoms with Gasteiger partial charge in [0.15, 0.2) is 5.76 Å². The van der Waals surface area contributed by atoms with Crippen LogP contribution in [-0.4, -0.2) is 24.4 Å². The van der Waals surface area contributed by atoms with E-state index in [2.05, 4.69) is 5.16 Å². The van der Waals surface area contributed by atoms with Crippen LogP contribution in [0, 0.1) is 13.8 Å². The van der Waals surface area contributed by atoms with Crippen LogP contribution >= 0.6 is 11.6 Å². The molecule has 1 unspecified atom stereocenters. The lowest BCUT2D eigenvalue weighted by molar-refractivity contribution is 0.384. The van der Waals surface area contributed by atoms with Crippen LogP contribution in [0.5, 0.6) is 0 Å². The van der Waals surface area contributed by atoms with E-state index in [9.17, 15) is 8.42 Å². The van der Waals surface area contributed by atoms with E-state index >= 15 is 0 Å². The molecule has 2 heterocycles. The van der Waals surface area contributed by atoms with Gasteiger partial charge in [-0.2, -0.15) is 4.31 Å². The first kappa shape index (κ1) is 15.5. The van der Waals surface area contributed by atoms with Gasteiger partial charge < -0.3 is 4.52 Å². The Morgan fingerprint density at radius 2 is 2.05 bits per heavy atom. The zero-order valence-electron chi connectivity index (χ0n) is 12.4. The summed E-state index contributed by atoms with van der Waals surface area (Å²) in [4.78, 5) is 0.173. The van der Waals surface area contributed by atoms with Gasteiger partial charge in [0, 0.05) is 11.6 Å². The molecule has 1 saturated heterocycles. The molecule has 0 saturated carbocycles. The number of benzene rings is 1. The third-order valence-electron chi connectivity index (χ3n) is 4.00. The summed E-state index contributed by atoms with van der Waals surface area (Å²) in [6, 6.07) is 7.14. The first-order valence-corrected chi connectivity index (χ1v) is 8.94. The van der Waals surface area contributed by atoms with Crippen molar-refractivity contribution >= 4 is 21.6 Å². The third kappa shape index (κ3) is 2.45. The lowest BCUT2D eigenvalue weighted by atomic mass is 10.1.